The van der Waals surface area contributed by atoms with Crippen LogP contribution in [-0.2, 0) is 9.59 Å². The van der Waals surface area contributed by atoms with E-state index in [1.807, 2.05) is 36.4 Å². The number of hydrogen-bond acceptors (Lipinski definition) is 4. The van der Waals surface area contributed by atoms with Crippen molar-refractivity contribution in [1.29, 1.82) is 0 Å². The number of hydrogen-bond donors (Lipinski definition) is 1. The number of aliphatic hydroxyl groups is 1. The molecule has 0 aromatic heterocycles. The fourth-order valence-corrected chi connectivity index (χ4v) is 3.54. The van der Waals surface area contributed by atoms with Gasteiger partial charge in [-0.3, -0.25) is 14.5 Å². The summed E-state index contributed by atoms with van der Waals surface area (Å²) in [5.74, 6) is -0.958. The number of ketones is 1. The standard InChI is InChI=1S/C24H19NO4/c1-29-19-14-12-17(13-15-19)22(26)20-21(16-8-4-2-5-9-16)25(24(28)23(20)27)18-10-6-3-7-11-18/h2-15,21,26H,1H3/b22-20+/t21-/m1/s1. The lowest BCUT2D eigenvalue weighted by Crippen LogP contribution is -2.29. The Morgan fingerprint density at radius 1 is 0.862 bits per heavy atom. The molecule has 1 aliphatic heterocycles. The number of benzene rings is 3. The van der Waals surface area contributed by atoms with Crippen molar-refractivity contribution in [3.8, 4) is 5.75 Å². The third-order valence-corrected chi connectivity index (χ3v) is 4.96. The maximum Gasteiger partial charge on any atom is 0.300 e. The second-order valence-electron chi connectivity index (χ2n) is 6.64. The van der Waals surface area contributed by atoms with Crippen molar-refractivity contribution >= 4 is 23.1 Å². The van der Waals surface area contributed by atoms with Crippen molar-refractivity contribution in [3.05, 3.63) is 102 Å². The molecule has 0 unspecified atom stereocenters. The number of para-hydroxylation sites is 1. The first-order valence-electron chi connectivity index (χ1n) is 9.17. The number of aliphatic hydroxyl groups excluding tert-OH is 1. The Morgan fingerprint density at radius 3 is 2.03 bits per heavy atom. The van der Waals surface area contributed by atoms with Gasteiger partial charge in [0.1, 0.15) is 11.5 Å². The van der Waals surface area contributed by atoms with Crippen molar-refractivity contribution in [3.63, 3.8) is 0 Å². The molecule has 0 radical (unpaired) electrons. The summed E-state index contributed by atoms with van der Waals surface area (Å²) in [7, 11) is 1.55. The number of methoxy groups -OCH3 is 1. The first-order valence-corrected chi connectivity index (χ1v) is 9.17. The molecule has 1 atom stereocenters. The van der Waals surface area contributed by atoms with E-state index < -0.39 is 17.7 Å². The molecule has 144 valence electrons. The summed E-state index contributed by atoms with van der Waals surface area (Å²) in [6, 6.07) is 24.2. The Bertz CT molecular complexity index is 1070. The van der Waals surface area contributed by atoms with Crippen molar-refractivity contribution in [2.45, 2.75) is 6.04 Å². The van der Waals surface area contributed by atoms with E-state index in [2.05, 4.69) is 0 Å². The van der Waals surface area contributed by atoms with E-state index >= 15 is 0 Å². The smallest absolute Gasteiger partial charge is 0.300 e. The second kappa shape index (κ2) is 7.64. The maximum absolute atomic E-state index is 13.0. The van der Waals surface area contributed by atoms with Gasteiger partial charge in [-0.2, -0.15) is 0 Å². The molecular weight excluding hydrogens is 366 g/mol. The van der Waals surface area contributed by atoms with Crippen molar-refractivity contribution in [2.24, 2.45) is 0 Å². The predicted molar refractivity (Wildman–Crippen MR) is 111 cm³/mol. The lowest BCUT2D eigenvalue weighted by molar-refractivity contribution is -0.132. The third kappa shape index (κ3) is 3.27. The predicted octanol–water partition coefficient (Wildman–Crippen LogP) is 4.32. The molecule has 1 heterocycles. The monoisotopic (exact) mass is 385 g/mol. The molecule has 0 aliphatic carbocycles. The molecule has 0 spiro atoms. The zero-order chi connectivity index (χ0) is 20.4. The molecule has 1 amide bonds. The molecule has 1 aliphatic rings. The van der Waals surface area contributed by atoms with E-state index in [0.29, 0.717) is 17.0 Å². The molecule has 1 N–H and O–H groups in total. The molecule has 5 heteroatoms. The molecule has 1 saturated heterocycles. The van der Waals surface area contributed by atoms with E-state index in [9.17, 15) is 14.7 Å². The summed E-state index contributed by atoms with van der Waals surface area (Å²) in [5, 5.41) is 11.0. The van der Waals surface area contributed by atoms with Crippen LogP contribution in [-0.4, -0.2) is 23.9 Å². The van der Waals surface area contributed by atoms with Gasteiger partial charge < -0.3 is 9.84 Å². The Kier molecular flexibility index (Phi) is 4.87. The van der Waals surface area contributed by atoms with Gasteiger partial charge in [-0.1, -0.05) is 48.5 Å². The number of ether oxygens (including phenoxy) is 1. The SMILES string of the molecule is COc1ccc(/C(O)=C2\C(=O)C(=O)N(c3ccccc3)[C@@H]2c2ccccc2)cc1. The second-order valence-corrected chi connectivity index (χ2v) is 6.64. The van der Waals surface area contributed by atoms with Gasteiger partial charge in [-0.15, -0.1) is 0 Å². The van der Waals surface area contributed by atoms with E-state index in [1.165, 1.54) is 4.90 Å². The molecule has 3 aromatic carbocycles. The number of rotatable bonds is 4. The van der Waals surface area contributed by atoms with Crippen LogP contribution in [0, 0.1) is 0 Å². The quantitative estimate of drug-likeness (QED) is 0.413. The highest BCUT2D eigenvalue weighted by atomic mass is 16.5. The van der Waals surface area contributed by atoms with E-state index in [1.54, 1.807) is 55.6 Å². The summed E-state index contributed by atoms with van der Waals surface area (Å²) in [6.07, 6.45) is 0. The average molecular weight is 385 g/mol. The van der Waals surface area contributed by atoms with Gasteiger partial charge in [0, 0.05) is 11.3 Å². The highest BCUT2D eigenvalue weighted by molar-refractivity contribution is 6.51. The normalized spacial score (nSPS) is 18.1. The van der Waals surface area contributed by atoms with Gasteiger partial charge in [0.05, 0.1) is 18.7 Å². The number of carbonyl (C=O) groups excluding carboxylic acids is 2. The van der Waals surface area contributed by atoms with Gasteiger partial charge in [0.2, 0.25) is 0 Å². The van der Waals surface area contributed by atoms with Crippen molar-refractivity contribution in [2.75, 3.05) is 12.0 Å². The van der Waals surface area contributed by atoms with Gasteiger partial charge in [0.15, 0.2) is 0 Å². The summed E-state index contributed by atoms with van der Waals surface area (Å²) in [4.78, 5) is 27.4. The highest BCUT2D eigenvalue weighted by Crippen LogP contribution is 2.42. The minimum atomic E-state index is -0.722. The Hall–Kier alpha value is -3.86. The summed E-state index contributed by atoms with van der Waals surface area (Å²) in [6.45, 7) is 0. The number of carbonyl (C=O) groups is 2. The zero-order valence-corrected chi connectivity index (χ0v) is 15.8. The van der Waals surface area contributed by atoms with Gasteiger partial charge in [0.25, 0.3) is 11.7 Å². The topological polar surface area (TPSA) is 66.8 Å². The Balaban J connectivity index is 1.91. The van der Waals surface area contributed by atoms with Crippen LogP contribution in [0.3, 0.4) is 0 Å². The van der Waals surface area contributed by atoms with E-state index in [0.717, 1.165) is 5.56 Å². The van der Waals surface area contributed by atoms with Crippen LogP contribution >= 0.6 is 0 Å². The fraction of sp³-hybridized carbons (Fsp3) is 0.0833. The number of nitrogens with zero attached hydrogens (tertiary/aromatic N) is 1. The number of Topliss-reactive ketones (excluding diaryl/α,β-unsaturated/α-hetero) is 1. The largest absolute Gasteiger partial charge is 0.507 e. The Morgan fingerprint density at radius 2 is 1.45 bits per heavy atom. The molecule has 4 rings (SSSR count). The van der Waals surface area contributed by atoms with Crippen LogP contribution < -0.4 is 9.64 Å². The molecule has 1 fully saturated rings. The van der Waals surface area contributed by atoms with E-state index in [-0.39, 0.29) is 11.3 Å². The van der Waals surface area contributed by atoms with Crippen LogP contribution in [0.1, 0.15) is 17.2 Å². The van der Waals surface area contributed by atoms with Crippen LogP contribution in [0.25, 0.3) is 5.76 Å². The average Bonchev–Trinajstić information content (AvgIpc) is 3.05. The Labute approximate surface area is 168 Å². The number of amides is 1. The summed E-state index contributed by atoms with van der Waals surface area (Å²) >= 11 is 0. The summed E-state index contributed by atoms with van der Waals surface area (Å²) in [5.41, 5.74) is 1.84. The van der Waals surface area contributed by atoms with Gasteiger partial charge in [-0.05, 0) is 42.0 Å². The number of anilines is 1. The van der Waals surface area contributed by atoms with Crippen LogP contribution in [0.15, 0.2) is 90.5 Å². The summed E-state index contributed by atoms with van der Waals surface area (Å²) < 4.78 is 5.15. The lowest BCUT2D eigenvalue weighted by atomic mass is 9.95. The zero-order valence-electron chi connectivity index (χ0n) is 15.8. The lowest BCUT2D eigenvalue weighted by Gasteiger charge is -2.25. The van der Waals surface area contributed by atoms with Gasteiger partial charge in [-0.25, -0.2) is 0 Å². The van der Waals surface area contributed by atoms with Crippen LogP contribution in [0.2, 0.25) is 0 Å². The van der Waals surface area contributed by atoms with Crippen LogP contribution in [0.5, 0.6) is 5.75 Å². The first kappa shape index (κ1) is 18.5. The van der Waals surface area contributed by atoms with Gasteiger partial charge >= 0.3 is 0 Å². The minimum absolute atomic E-state index is 0.0650. The maximum atomic E-state index is 13.0. The van der Waals surface area contributed by atoms with Crippen LogP contribution in [0.4, 0.5) is 5.69 Å². The van der Waals surface area contributed by atoms with Crippen molar-refractivity contribution in [1.82, 2.24) is 0 Å². The molecule has 5 nitrogen and oxygen atoms in total. The first-order chi connectivity index (χ1) is 14.1. The molecular formula is C24H19NO4. The minimum Gasteiger partial charge on any atom is -0.507 e. The van der Waals surface area contributed by atoms with E-state index in [4.69, 9.17) is 4.74 Å². The highest BCUT2D eigenvalue weighted by Gasteiger charge is 2.46. The molecule has 29 heavy (non-hydrogen) atoms. The molecule has 3 aromatic rings. The fourth-order valence-electron chi connectivity index (χ4n) is 3.54. The molecule has 0 bridgehead atoms. The van der Waals surface area contributed by atoms with Crippen molar-refractivity contribution < 1.29 is 19.4 Å². The third-order valence-electron chi connectivity index (χ3n) is 4.96. The molecule has 0 saturated carbocycles.